The van der Waals surface area contributed by atoms with E-state index in [-0.39, 0.29) is 23.0 Å². The second kappa shape index (κ2) is 5.06. The number of hydrogen-bond donors (Lipinski definition) is 2. The first-order chi connectivity index (χ1) is 8.96. The number of rotatable bonds is 5. The Balaban J connectivity index is 2.29. The SMILES string of the molecule is CCn1cc(NS(=O)(=O)c2cc(CO)oc2C)cn1. The molecule has 0 radical (unpaired) electrons. The number of aryl methyl sites for hydroxylation is 2. The summed E-state index contributed by atoms with van der Waals surface area (Å²) in [4.78, 5) is 0.0146. The Morgan fingerprint density at radius 3 is 2.79 bits per heavy atom. The Morgan fingerprint density at radius 2 is 2.26 bits per heavy atom. The third-order valence-electron chi connectivity index (χ3n) is 2.58. The smallest absolute Gasteiger partial charge is 0.265 e. The fourth-order valence-electron chi connectivity index (χ4n) is 1.67. The lowest BCUT2D eigenvalue weighted by molar-refractivity contribution is 0.245. The standard InChI is InChI=1S/C11H15N3O4S/c1-3-14-6-9(5-12-14)13-19(16,17)11-4-10(7-15)18-8(11)2/h4-6,13,15H,3,7H2,1-2H3. The highest BCUT2D eigenvalue weighted by molar-refractivity contribution is 7.92. The molecule has 0 aliphatic rings. The third-order valence-corrected chi connectivity index (χ3v) is 4.07. The second-order valence-corrected chi connectivity index (χ2v) is 5.63. The predicted molar refractivity (Wildman–Crippen MR) is 68.1 cm³/mol. The van der Waals surface area contributed by atoms with Crippen molar-refractivity contribution in [3.63, 3.8) is 0 Å². The largest absolute Gasteiger partial charge is 0.462 e. The van der Waals surface area contributed by atoms with E-state index in [0.29, 0.717) is 12.2 Å². The molecule has 2 aromatic heterocycles. The van der Waals surface area contributed by atoms with Crippen LogP contribution >= 0.6 is 0 Å². The molecule has 0 saturated heterocycles. The number of anilines is 1. The molecule has 19 heavy (non-hydrogen) atoms. The molecule has 0 amide bonds. The van der Waals surface area contributed by atoms with Gasteiger partial charge in [-0.05, 0) is 13.8 Å². The van der Waals surface area contributed by atoms with E-state index in [4.69, 9.17) is 9.52 Å². The minimum atomic E-state index is -3.74. The molecule has 0 saturated carbocycles. The van der Waals surface area contributed by atoms with Crippen LogP contribution in [0, 0.1) is 6.92 Å². The van der Waals surface area contributed by atoms with E-state index in [2.05, 4.69) is 9.82 Å². The van der Waals surface area contributed by atoms with E-state index in [0.717, 1.165) is 0 Å². The van der Waals surface area contributed by atoms with Crippen molar-refractivity contribution in [1.82, 2.24) is 9.78 Å². The fourth-order valence-corrected chi connectivity index (χ4v) is 2.90. The van der Waals surface area contributed by atoms with Crippen molar-refractivity contribution in [2.45, 2.75) is 31.9 Å². The lowest BCUT2D eigenvalue weighted by Crippen LogP contribution is -2.12. The van der Waals surface area contributed by atoms with Gasteiger partial charge in [-0.1, -0.05) is 0 Å². The van der Waals surface area contributed by atoms with Crippen molar-refractivity contribution >= 4 is 15.7 Å². The average molecular weight is 285 g/mol. The minimum Gasteiger partial charge on any atom is -0.462 e. The van der Waals surface area contributed by atoms with Gasteiger partial charge in [0.25, 0.3) is 10.0 Å². The van der Waals surface area contributed by atoms with E-state index in [1.807, 2.05) is 6.92 Å². The van der Waals surface area contributed by atoms with Crippen LogP contribution in [0.4, 0.5) is 5.69 Å². The Labute approximate surface area is 110 Å². The molecule has 0 bridgehead atoms. The molecule has 0 spiro atoms. The Bertz CT molecular complexity index is 672. The van der Waals surface area contributed by atoms with Crippen molar-refractivity contribution in [1.29, 1.82) is 0 Å². The molecule has 2 N–H and O–H groups in total. The number of furan rings is 1. The van der Waals surface area contributed by atoms with E-state index < -0.39 is 10.0 Å². The number of nitrogens with zero attached hydrogens (tertiary/aromatic N) is 2. The number of aliphatic hydroxyl groups is 1. The van der Waals surface area contributed by atoms with Crippen LogP contribution in [0.2, 0.25) is 0 Å². The highest BCUT2D eigenvalue weighted by Crippen LogP contribution is 2.22. The molecule has 8 heteroatoms. The zero-order chi connectivity index (χ0) is 14.0. The summed E-state index contributed by atoms with van der Waals surface area (Å²) < 4.78 is 33.5. The molecule has 7 nitrogen and oxygen atoms in total. The zero-order valence-electron chi connectivity index (χ0n) is 10.6. The molecular weight excluding hydrogens is 270 g/mol. The molecule has 0 atom stereocenters. The molecule has 0 fully saturated rings. The van der Waals surface area contributed by atoms with Crippen LogP contribution in [0.5, 0.6) is 0 Å². The van der Waals surface area contributed by atoms with Gasteiger partial charge in [-0.2, -0.15) is 5.10 Å². The summed E-state index contributed by atoms with van der Waals surface area (Å²) >= 11 is 0. The molecule has 2 rings (SSSR count). The van der Waals surface area contributed by atoms with Crippen molar-refractivity contribution in [2.75, 3.05) is 4.72 Å². The first-order valence-corrected chi connectivity index (χ1v) is 7.20. The molecule has 0 aliphatic carbocycles. The Hall–Kier alpha value is -1.80. The van der Waals surface area contributed by atoms with Crippen molar-refractivity contribution < 1.29 is 17.9 Å². The summed E-state index contributed by atoms with van der Waals surface area (Å²) in [6.07, 6.45) is 3.03. The third kappa shape index (κ3) is 2.79. The molecule has 2 heterocycles. The van der Waals surface area contributed by atoms with Crippen LogP contribution in [0.1, 0.15) is 18.4 Å². The number of aromatic nitrogens is 2. The summed E-state index contributed by atoms with van der Waals surface area (Å²) in [5.74, 6) is 0.446. The van der Waals surface area contributed by atoms with Crippen LogP contribution in [0.25, 0.3) is 0 Å². The maximum Gasteiger partial charge on any atom is 0.265 e. The topological polar surface area (TPSA) is 97.4 Å². The summed E-state index contributed by atoms with van der Waals surface area (Å²) in [5.41, 5.74) is 0.382. The van der Waals surface area contributed by atoms with Crippen LogP contribution in [0.15, 0.2) is 27.8 Å². The molecule has 2 aromatic rings. The number of aliphatic hydroxyl groups excluding tert-OH is 1. The maximum absolute atomic E-state index is 12.2. The van der Waals surface area contributed by atoms with Gasteiger partial charge in [0, 0.05) is 18.8 Å². The van der Waals surface area contributed by atoms with Gasteiger partial charge < -0.3 is 9.52 Å². The summed E-state index contributed by atoms with van der Waals surface area (Å²) in [5, 5.41) is 12.9. The van der Waals surface area contributed by atoms with E-state index >= 15 is 0 Å². The van der Waals surface area contributed by atoms with E-state index in [9.17, 15) is 8.42 Å². The van der Waals surface area contributed by atoms with Crippen LogP contribution in [0.3, 0.4) is 0 Å². The van der Waals surface area contributed by atoms with E-state index in [1.165, 1.54) is 19.2 Å². The normalized spacial score (nSPS) is 11.7. The zero-order valence-corrected chi connectivity index (χ0v) is 11.4. The fraction of sp³-hybridized carbons (Fsp3) is 0.364. The molecule has 0 unspecified atom stereocenters. The van der Waals surface area contributed by atoms with Gasteiger partial charge in [0.05, 0.1) is 11.9 Å². The van der Waals surface area contributed by atoms with E-state index in [1.54, 1.807) is 10.9 Å². The van der Waals surface area contributed by atoms with Crippen molar-refractivity contribution in [3.05, 3.63) is 30.0 Å². The summed E-state index contributed by atoms with van der Waals surface area (Å²) in [6, 6.07) is 1.31. The Morgan fingerprint density at radius 1 is 1.53 bits per heavy atom. The molecule has 104 valence electrons. The number of sulfonamides is 1. The average Bonchev–Trinajstić information content (AvgIpc) is 2.95. The van der Waals surface area contributed by atoms with Gasteiger partial charge in [0.15, 0.2) is 0 Å². The highest BCUT2D eigenvalue weighted by Gasteiger charge is 2.21. The molecule has 0 aromatic carbocycles. The second-order valence-electron chi connectivity index (χ2n) is 3.98. The van der Waals surface area contributed by atoms with Crippen LogP contribution in [-0.4, -0.2) is 23.3 Å². The van der Waals surface area contributed by atoms with Gasteiger partial charge in [-0.15, -0.1) is 0 Å². The van der Waals surface area contributed by atoms with Crippen molar-refractivity contribution in [2.24, 2.45) is 0 Å². The van der Waals surface area contributed by atoms with Gasteiger partial charge >= 0.3 is 0 Å². The van der Waals surface area contributed by atoms with Crippen LogP contribution in [-0.2, 0) is 23.2 Å². The maximum atomic E-state index is 12.2. The van der Waals surface area contributed by atoms with Gasteiger partial charge in [-0.25, -0.2) is 8.42 Å². The summed E-state index contributed by atoms with van der Waals surface area (Å²) in [6.45, 7) is 3.74. The van der Waals surface area contributed by atoms with Gasteiger partial charge in [0.1, 0.15) is 23.0 Å². The molecule has 0 aliphatic heterocycles. The predicted octanol–water partition coefficient (Wildman–Crippen LogP) is 1.10. The number of nitrogens with one attached hydrogen (secondary N) is 1. The number of hydrogen-bond acceptors (Lipinski definition) is 5. The quantitative estimate of drug-likeness (QED) is 0.857. The van der Waals surface area contributed by atoms with Gasteiger partial charge in [0.2, 0.25) is 0 Å². The first kappa shape index (κ1) is 13.6. The highest BCUT2D eigenvalue weighted by atomic mass is 32.2. The van der Waals surface area contributed by atoms with Gasteiger partial charge in [-0.3, -0.25) is 9.40 Å². The first-order valence-electron chi connectivity index (χ1n) is 5.71. The van der Waals surface area contributed by atoms with Crippen molar-refractivity contribution in [3.8, 4) is 0 Å². The lowest BCUT2D eigenvalue weighted by Gasteiger charge is -2.03. The monoisotopic (exact) mass is 285 g/mol. The molecular formula is C11H15N3O4S. The minimum absolute atomic E-state index is 0.0146. The Kier molecular flexibility index (Phi) is 3.63. The van der Waals surface area contributed by atoms with Crippen LogP contribution < -0.4 is 4.72 Å². The summed E-state index contributed by atoms with van der Waals surface area (Å²) in [7, 11) is -3.74. The lowest BCUT2D eigenvalue weighted by atomic mass is 10.4.